The zero-order chi connectivity index (χ0) is 11.7. The van der Waals surface area contributed by atoms with Crippen molar-refractivity contribution >= 4 is 5.69 Å². The van der Waals surface area contributed by atoms with Gasteiger partial charge in [-0.1, -0.05) is 11.6 Å². The van der Waals surface area contributed by atoms with Crippen LogP contribution in [0.5, 0.6) is 0 Å². The maximum absolute atomic E-state index is 13.6. The molecule has 0 saturated heterocycles. The van der Waals surface area contributed by atoms with Gasteiger partial charge >= 0.3 is 0 Å². The molecular weight excluding hydrogens is 208 g/mol. The number of nitrogens with two attached hydrogens (primary N) is 1. The Morgan fingerprint density at radius 2 is 1.75 bits per heavy atom. The van der Waals surface area contributed by atoms with Crippen LogP contribution in [-0.4, -0.2) is 0 Å². The number of hydrogen-bond donors (Lipinski definition) is 1. The first-order valence-electron chi connectivity index (χ1n) is 4.89. The Bertz CT molecular complexity index is 515. The molecule has 1 nitrogen and oxygen atoms in total. The lowest BCUT2D eigenvalue weighted by atomic mass is 10.0. The van der Waals surface area contributed by atoms with Crippen molar-refractivity contribution in [3.63, 3.8) is 0 Å². The fourth-order valence-corrected chi connectivity index (χ4v) is 1.63. The smallest absolute Gasteiger partial charge is 0.131 e. The summed E-state index contributed by atoms with van der Waals surface area (Å²) in [7, 11) is 0. The van der Waals surface area contributed by atoms with Gasteiger partial charge in [0.15, 0.2) is 0 Å². The zero-order valence-corrected chi connectivity index (χ0v) is 8.80. The van der Waals surface area contributed by atoms with Gasteiger partial charge in [0, 0.05) is 11.3 Å². The van der Waals surface area contributed by atoms with E-state index >= 15 is 0 Å². The summed E-state index contributed by atoms with van der Waals surface area (Å²) < 4.78 is 26.7. The van der Waals surface area contributed by atoms with Crippen LogP contribution in [0, 0.1) is 18.6 Å². The Morgan fingerprint density at radius 1 is 1.00 bits per heavy atom. The van der Waals surface area contributed by atoms with E-state index in [9.17, 15) is 8.78 Å². The van der Waals surface area contributed by atoms with Gasteiger partial charge in [-0.25, -0.2) is 8.78 Å². The quantitative estimate of drug-likeness (QED) is 0.729. The molecule has 0 aliphatic heterocycles. The molecule has 0 aliphatic rings. The number of aryl methyl sites for hydroxylation is 1. The Balaban J connectivity index is 2.62. The summed E-state index contributed by atoms with van der Waals surface area (Å²) >= 11 is 0. The third kappa shape index (κ3) is 2.03. The summed E-state index contributed by atoms with van der Waals surface area (Å²) in [4.78, 5) is 0. The third-order valence-electron chi connectivity index (χ3n) is 2.35. The summed E-state index contributed by atoms with van der Waals surface area (Å²) in [6.07, 6.45) is 0. The summed E-state index contributed by atoms with van der Waals surface area (Å²) in [6, 6.07) is 8.74. The highest BCUT2D eigenvalue weighted by atomic mass is 19.1. The van der Waals surface area contributed by atoms with Crippen LogP contribution in [-0.2, 0) is 0 Å². The highest BCUT2D eigenvalue weighted by Crippen LogP contribution is 2.26. The predicted octanol–water partition coefficient (Wildman–Crippen LogP) is 3.52. The van der Waals surface area contributed by atoms with Crippen molar-refractivity contribution in [2.75, 3.05) is 5.73 Å². The topological polar surface area (TPSA) is 26.0 Å². The molecular formula is C13H11F2N. The van der Waals surface area contributed by atoms with Crippen LogP contribution in [0.3, 0.4) is 0 Å². The molecule has 2 N–H and O–H groups in total. The Kier molecular flexibility index (Phi) is 2.60. The van der Waals surface area contributed by atoms with Crippen molar-refractivity contribution in [1.82, 2.24) is 0 Å². The zero-order valence-electron chi connectivity index (χ0n) is 8.80. The summed E-state index contributed by atoms with van der Waals surface area (Å²) in [5.41, 5.74) is 7.55. The molecule has 16 heavy (non-hydrogen) atoms. The average molecular weight is 219 g/mol. The lowest BCUT2D eigenvalue weighted by Crippen LogP contribution is -1.91. The molecule has 0 saturated carbocycles. The van der Waals surface area contributed by atoms with E-state index in [-0.39, 0.29) is 11.5 Å². The fourth-order valence-electron chi connectivity index (χ4n) is 1.63. The first-order valence-corrected chi connectivity index (χ1v) is 4.89. The van der Waals surface area contributed by atoms with Gasteiger partial charge in [-0.3, -0.25) is 0 Å². The van der Waals surface area contributed by atoms with Crippen molar-refractivity contribution in [1.29, 1.82) is 0 Å². The molecule has 3 heteroatoms. The number of benzene rings is 2. The lowest BCUT2D eigenvalue weighted by molar-refractivity contribution is 0.625. The minimum atomic E-state index is -0.462. The molecule has 0 fully saturated rings. The van der Waals surface area contributed by atoms with E-state index in [4.69, 9.17) is 5.73 Å². The Labute approximate surface area is 92.5 Å². The number of hydrogen-bond acceptors (Lipinski definition) is 1. The summed E-state index contributed by atoms with van der Waals surface area (Å²) in [6.45, 7) is 1.85. The van der Waals surface area contributed by atoms with E-state index in [1.165, 1.54) is 18.2 Å². The van der Waals surface area contributed by atoms with E-state index in [0.717, 1.165) is 5.56 Å². The molecule has 0 radical (unpaired) electrons. The molecule has 2 rings (SSSR count). The molecule has 0 atom stereocenters. The van der Waals surface area contributed by atoms with Crippen LogP contribution < -0.4 is 5.73 Å². The largest absolute Gasteiger partial charge is 0.399 e. The highest BCUT2D eigenvalue weighted by Gasteiger charge is 2.07. The van der Waals surface area contributed by atoms with Crippen LogP contribution in [0.25, 0.3) is 11.1 Å². The van der Waals surface area contributed by atoms with Crippen LogP contribution >= 0.6 is 0 Å². The molecule has 0 unspecified atom stereocenters. The van der Waals surface area contributed by atoms with Gasteiger partial charge in [-0.15, -0.1) is 0 Å². The van der Waals surface area contributed by atoms with Gasteiger partial charge in [0.2, 0.25) is 0 Å². The van der Waals surface area contributed by atoms with Gasteiger partial charge in [-0.05, 0) is 42.8 Å². The van der Waals surface area contributed by atoms with Crippen LogP contribution in [0.4, 0.5) is 14.5 Å². The first-order chi connectivity index (χ1) is 7.56. The molecule has 2 aromatic rings. The van der Waals surface area contributed by atoms with E-state index in [1.807, 2.05) is 6.92 Å². The molecule has 0 spiro atoms. The molecule has 0 aromatic heterocycles. The normalized spacial score (nSPS) is 10.4. The van der Waals surface area contributed by atoms with Crippen molar-refractivity contribution in [3.8, 4) is 11.1 Å². The maximum atomic E-state index is 13.6. The van der Waals surface area contributed by atoms with Crippen molar-refractivity contribution in [3.05, 3.63) is 53.6 Å². The van der Waals surface area contributed by atoms with E-state index in [0.29, 0.717) is 11.1 Å². The monoisotopic (exact) mass is 219 g/mol. The highest BCUT2D eigenvalue weighted by molar-refractivity contribution is 5.68. The molecule has 0 heterocycles. The molecule has 0 aliphatic carbocycles. The summed E-state index contributed by atoms with van der Waals surface area (Å²) in [5, 5.41) is 0. The van der Waals surface area contributed by atoms with Gasteiger partial charge in [0.1, 0.15) is 11.6 Å². The van der Waals surface area contributed by atoms with Crippen LogP contribution in [0.2, 0.25) is 0 Å². The lowest BCUT2D eigenvalue weighted by Gasteiger charge is -2.06. The SMILES string of the molecule is Cc1ccc(F)c(-c2cc(N)cc(F)c2)c1. The van der Waals surface area contributed by atoms with E-state index < -0.39 is 5.82 Å². The molecule has 2 aromatic carbocycles. The number of halogens is 2. The molecule has 82 valence electrons. The minimum Gasteiger partial charge on any atom is -0.399 e. The first kappa shape index (κ1) is 10.6. The van der Waals surface area contributed by atoms with Gasteiger partial charge in [-0.2, -0.15) is 0 Å². The summed E-state index contributed by atoms with van der Waals surface area (Å²) in [5.74, 6) is -0.841. The van der Waals surface area contributed by atoms with Crippen molar-refractivity contribution in [2.24, 2.45) is 0 Å². The second kappa shape index (κ2) is 3.93. The van der Waals surface area contributed by atoms with Crippen molar-refractivity contribution in [2.45, 2.75) is 6.92 Å². The molecule has 0 bridgehead atoms. The Morgan fingerprint density at radius 3 is 2.44 bits per heavy atom. The maximum Gasteiger partial charge on any atom is 0.131 e. The number of anilines is 1. The second-order valence-corrected chi connectivity index (χ2v) is 3.76. The number of nitrogen functional groups attached to an aromatic ring is 1. The minimum absolute atomic E-state index is 0.288. The van der Waals surface area contributed by atoms with Gasteiger partial charge in [0.05, 0.1) is 0 Å². The van der Waals surface area contributed by atoms with Crippen molar-refractivity contribution < 1.29 is 8.78 Å². The predicted molar refractivity (Wildman–Crippen MR) is 60.9 cm³/mol. The molecule has 0 amide bonds. The number of rotatable bonds is 1. The standard InChI is InChI=1S/C13H11F2N/c1-8-2-3-13(15)12(4-8)9-5-10(14)7-11(16)6-9/h2-7H,16H2,1H3. The van der Waals surface area contributed by atoms with E-state index in [1.54, 1.807) is 18.2 Å². The van der Waals surface area contributed by atoms with Crippen LogP contribution in [0.1, 0.15) is 5.56 Å². The van der Waals surface area contributed by atoms with Crippen LogP contribution in [0.15, 0.2) is 36.4 Å². The third-order valence-corrected chi connectivity index (χ3v) is 2.35. The average Bonchev–Trinajstić information content (AvgIpc) is 2.20. The fraction of sp³-hybridized carbons (Fsp3) is 0.0769. The Hall–Kier alpha value is -1.90. The second-order valence-electron chi connectivity index (χ2n) is 3.76. The van der Waals surface area contributed by atoms with Gasteiger partial charge in [0.25, 0.3) is 0 Å². The van der Waals surface area contributed by atoms with E-state index in [2.05, 4.69) is 0 Å². The van der Waals surface area contributed by atoms with Gasteiger partial charge < -0.3 is 5.73 Å².